The highest BCUT2D eigenvalue weighted by Crippen LogP contribution is 2.13. The molecule has 0 heterocycles. The highest BCUT2D eigenvalue weighted by molar-refractivity contribution is 5.71. The summed E-state index contributed by atoms with van der Waals surface area (Å²) >= 11 is 0. The summed E-state index contributed by atoms with van der Waals surface area (Å²) in [5, 5.41) is 0. The summed E-state index contributed by atoms with van der Waals surface area (Å²) in [5.41, 5.74) is 0. The number of unbranched alkanes of at least 4 members (excludes halogenated alkanes) is 18. The summed E-state index contributed by atoms with van der Waals surface area (Å²) in [7, 11) is 0. The fourth-order valence-electron chi connectivity index (χ4n) is 6.50. The molecular formula is C59H92O6. The maximum atomic E-state index is 12.8. The molecule has 0 saturated heterocycles. The van der Waals surface area contributed by atoms with Gasteiger partial charge in [0.05, 0.1) is 0 Å². The van der Waals surface area contributed by atoms with Gasteiger partial charge >= 0.3 is 17.9 Å². The average molecular weight is 897 g/mol. The number of carbonyl (C=O) groups excluding carboxylic acids is 3. The van der Waals surface area contributed by atoms with Gasteiger partial charge < -0.3 is 14.2 Å². The van der Waals surface area contributed by atoms with Crippen LogP contribution in [-0.4, -0.2) is 37.2 Å². The van der Waals surface area contributed by atoms with Gasteiger partial charge in [-0.3, -0.25) is 14.4 Å². The van der Waals surface area contributed by atoms with Crippen molar-refractivity contribution < 1.29 is 28.6 Å². The molecule has 6 nitrogen and oxygen atoms in total. The molecule has 0 amide bonds. The van der Waals surface area contributed by atoms with E-state index in [2.05, 4.69) is 87.6 Å². The average Bonchev–Trinajstić information content (AvgIpc) is 3.30. The molecule has 0 N–H and O–H groups in total. The quantitative estimate of drug-likeness (QED) is 0.0199. The zero-order valence-corrected chi connectivity index (χ0v) is 41.4. The van der Waals surface area contributed by atoms with Gasteiger partial charge in [-0.05, 0) is 89.9 Å². The molecule has 6 heteroatoms. The molecular weight excluding hydrogens is 805 g/mol. The molecule has 0 aromatic heterocycles. The molecule has 0 aliphatic rings. The van der Waals surface area contributed by atoms with Crippen molar-refractivity contribution in [1.29, 1.82) is 0 Å². The lowest BCUT2D eigenvalue weighted by Gasteiger charge is -2.18. The molecule has 0 bridgehead atoms. The first kappa shape index (κ1) is 60.5. The maximum Gasteiger partial charge on any atom is 0.306 e. The highest BCUT2D eigenvalue weighted by atomic mass is 16.6. The van der Waals surface area contributed by atoms with Gasteiger partial charge in [0.1, 0.15) is 13.2 Å². The molecule has 65 heavy (non-hydrogen) atoms. The Morgan fingerprint density at radius 2 is 0.662 bits per heavy atom. The number of allylic oxidation sites excluding steroid dienone is 22. The zero-order valence-electron chi connectivity index (χ0n) is 41.4. The van der Waals surface area contributed by atoms with E-state index in [1.807, 2.05) is 66.8 Å². The predicted octanol–water partition coefficient (Wildman–Crippen LogP) is 17.1. The minimum Gasteiger partial charge on any atom is -0.462 e. The monoisotopic (exact) mass is 897 g/mol. The summed E-state index contributed by atoms with van der Waals surface area (Å²) in [5.74, 6) is -0.993. The van der Waals surface area contributed by atoms with Crippen molar-refractivity contribution in [3.8, 4) is 0 Å². The Kier molecular flexibility index (Phi) is 48.6. The Morgan fingerprint density at radius 3 is 1.08 bits per heavy atom. The Morgan fingerprint density at radius 1 is 0.338 bits per heavy atom. The standard InChI is InChI=1S/C59H92O6/c1-4-7-10-13-16-19-22-25-27-29-31-34-37-40-43-46-49-52-58(61)64-55-56(54-63-57(60)51-48-45-42-39-36-33-24-21-18-15-12-9-6-3)65-59(62)53-50-47-44-41-38-35-32-30-28-26-23-20-17-14-11-8-5-2/h7,9-10,12-13,15-22,24-29,31,34,37,56H,4-6,8,11,14,23,30,32-33,35-36,38-55H2,1-3H3/b10-7-,12-9-,16-13-,18-15-,20-17-,22-19-,24-21-,27-25-,28-26-,31-29+,37-34-. The van der Waals surface area contributed by atoms with Gasteiger partial charge in [-0.15, -0.1) is 0 Å². The van der Waals surface area contributed by atoms with Crippen LogP contribution in [-0.2, 0) is 28.6 Å². The Bertz CT molecular complexity index is 1450. The van der Waals surface area contributed by atoms with Gasteiger partial charge in [0.2, 0.25) is 0 Å². The number of carbonyl (C=O) groups is 3. The largest absolute Gasteiger partial charge is 0.462 e. The van der Waals surface area contributed by atoms with Crippen LogP contribution < -0.4 is 0 Å². The number of hydrogen-bond acceptors (Lipinski definition) is 6. The second kappa shape index (κ2) is 52.2. The highest BCUT2D eigenvalue weighted by Gasteiger charge is 2.19. The molecule has 0 fully saturated rings. The maximum absolute atomic E-state index is 12.8. The minimum absolute atomic E-state index is 0.112. The number of ether oxygens (including phenoxy) is 3. The molecule has 364 valence electrons. The third-order valence-corrected chi connectivity index (χ3v) is 10.3. The van der Waals surface area contributed by atoms with E-state index >= 15 is 0 Å². The fourth-order valence-corrected chi connectivity index (χ4v) is 6.50. The molecule has 0 aliphatic carbocycles. The van der Waals surface area contributed by atoms with Crippen molar-refractivity contribution in [2.24, 2.45) is 0 Å². The second-order valence-electron chi connectivity index (χ2n) is 16.5. The van der Waals surface area contributed by atoms with Crippen molar-refractivity contribution in [3.63, 3.8) is 0 Å². The van der Waals surface area contributed by atoms with Crippen molar-refractivity contribution in [3.05, 3.63) is 134 Å². The van der Waals surface area contributed by atoms with Crippen LogP contribution >= 0.6 is 0 Å². The first-order chi connectivity index (χ1) is 32.0. The molecule has 0 radical (unpaired) electrons. The SMILES string of the molecule is CC\C=C/C=C\C=C/C=C\C=C\C=C/CCCCCC(=O)OCC(COC(=O)CCCCCCC\C=C/C=C\C=C/CC)OC(=O)CCCCCCCCC/C=C\C/C=C\CCCCC. The summed E-state index contributed by atoms with van der Waals surface area (Å²) in [6.07, 6.45) is 72.8. The summed E-state index contributed by atoms with van der Waals surface area (Å²) in [6, 6.07) is 0. The topological polar surface area (TPSA) is 78.9 Å². The molecule has 0 rings (SSSR count). The van der Waals surface area contributed by atoms with Gasteiger partial charge in [0, 0.05) is 19.3 Å². The lowest BCUT2D eigenvalue weighted by Crippen LogP contribution is -2.30. The van der Waals surface area contributed by atoms with Crippen LogP contribution in [0.1, 0.15) is 201 Å². The predicted molar refractivity (Wildman–Crippen MR) is 279 cm³/mol. The summed E-state index contributed by atoms with van der Waals surface area (Å²) in [6.45, 7) is 6.25. The van der Waals surface area contributed by atoms with E-state index in [9.17, 15) is 14.4 Å². The smallest absolute Gasteiger partial charge is 0.306 e. The first-order valence-electron chi connectivity index (χ1n) is 25.8. The lowest BCUT2D eigenvalue weighted by molar-refractivity contribution is -0.167. The molecule has 0 saturated carbocycles. The van der Waals surface area contributed by atoms with Crippen molar-refractivity contribution in [2.45, 2.75) is 207 Å². The third kappa shape index (κ3) is 50.4. The first-order valence-corrected chi connectivity index (χ1v) is 25.8. The Labute approximate surface area is 398 Å². The number of rotatable bonds is 44. The zero-order chi connectivity index (χ0) is 47.2. The van der Waals surface area contributed by atoms with Crippen LogP contribution in [0, 0.1) is 0 Å². The number of hydrogen-bond donors (Lipinski definition) is 0. The molecule has 0 aromatic carbocycles. The van der Waals surface area contributed by atoms with Gasteiger partial charge in [0.15, 0.2) is 6.10 Å². The van der Waals surface area contributed by atoms with Crippen molar-refractivity contribution in [1.82, 2.24) is 0 Å². The van der Waals surface area contributed by atoms with Crippen LogP contribution in [0.5, 0.6) is 0 Å². The molecule has 1 unspecified atom stereocenters. The Balaban J connectivity index is 4.54. The van der Waals surface area contributed by atoms with E-state index in [1.165, 1.54) is 51.4 Å². The third-order valence-electron chi connectivity index (χ3n) is 10.3. The van der Waals surface area contributed by atoms with Gasteiger partial charge in [0.25, 0.3) is 0 Å². The van der Waals surface area contributed by atoms with E-state index in [4.69, 9.17) is 14.2 Å². The molecule has 0 aromatic rings. The second-order valence-corrected chi connectivity index (χ2v) is 16.5. The van der Waals surface area contributed by atoms with Crippen LogP contribution in [0.3, 0.4) is 0 Å². The van der Waals surface area contributed by atoms with Gasteiger partial charge in [-0.1, -0.05) is 225 Å². The summed E-state index contributed by atoms with van der Waals surface area (Å²) in [4.78, 5) is 38.0. The normalized spacial score (nSPS) is 13.2. The van der Waals surface area contributed by atoms with Gasteiger partial charge in [-0.2, -0.15) is 0 Å². The summed E-state index contributed by atoms with van der Waals surface area (Å²) < 4.78 is 16.7. The molecule has 1 atom stereocenters. The van der Waals surface area contributed by atoms with E-state index in [1.54, 1.807) is 0 Å². The minimum atomic E-state index is -0.814. The molecule has 0 aliphatic heterocycles. The molecule has 0 spiro atoms. The van der Waals surface area contributed by atoms with E-state index < -0.39 is 6.10 Å². The van der Waals surface area contributed by atoms with Crippen LogP contribution in [0.25, 0.3) is 0 Å². The fraction of sp³-hybridized carbons (Fsp3) is 0.576. The Hall–Kier alpha value is -4.45. The van der Waals surface area contributed by atoms with Crippen LogP contribution in [0.2, 0.25) is 0 Å². The van der Waals surface area contributed by atoms with Crippen LogP contribution in [0.4, 0.5) is 0 Å². The number of esters is 3. The van der Waals surface area contributed by atoms with Crippen molar-refractivity contribution in [2.75, 3.05) is 13.2 Å². The van der Waals surface area contributed by atoms with E-state index in [0.29, 0.717) is 19.3 Å². The van der Waals surface area contributed by atoms with Gasteiger partial charge in [-0.25, -0.2) is 0 Å². The lowest BCUT2D eigenvalue weighted by atomic mass is 10.1. The van der Waals surface area contributed by atoms with E-state index in [-0.39, 0.29) is 31.1 Å². The van der Waals surface area contributed by atoms with E-state index in [0.717, 1.165) is 109 Å². The van der Waals surface area contributed by atoms with Crippen molar-refractivity contribution >= 4 is 17.9 Å². The van der Waals surface area contributed by atoms with Crippen LogP contribution in [0.15, 0.2) is 134 Å².